The summed E-state index contributed by atoms with van der Waals surface area (Å²) < 4.78 is 27.4. The Morgan fingerprint density at radius 1 is 1.06 bits per heavy atom. The normalized spacial score (nSPS) is 15.4. The van der Waals surface area contributed by atoms with Crippen molar-refractivity contribution in [3.8, 4) is 0 Å². The zero-order valence-corrected chi connectivity index (χ0v) is 19.8. The van der Waals surface area contributed by atoms with Gasteiger partial charge in [-0.2, -0.15) is 0 Å². The lowest BCUT2D eigenvalue weighted by atomic mass is 10.2. The van der Waals surface area contributed by atoms with Crippen molar-refractivity contribution in [3.05, 3.63) is 64.0 Å². The number of carbonyl (C=O) groups is 1. The molecule has 1 fully saturated rings. The summed E-state index contributed by atoms with van der Waals surface area (Å²) in [7, 11) is -1.45. The number of nitrogens with zero attached hydrogens (tertiary/aromatic N) is 3. The van der Waals surface area contributed by atoms with Gasteiger partial charge in [0.25, 0.3) is 5.91 Å². The third kappa shape index (κ3) is 5.03. The van der Waals surface area contributed by atoms with Crippen molar-refractivity contribution in [2.45, 2.75) is 6.54 Å². The molecule has 0 bridgehead atoms. The first kappa shape index (κ1) is 22.1. The van der Waals surface area contributed by atoms with Crippen LogP contribution in [0.15, 0.2) is 48.5 Å². The molecule has 1 aromatic heterocycles. The Morgan fingerprint density at radius 3 is 2.39 bits per heavy atom. The summed E-state index contributed by atoms with van der Waals surface area (Å²) in [5, 5.41) is 1.47. The lowest BCUT2D eigenvalue weighted by Gasteiger charge is -2.32. The Morgan fingerprint density at radius 2 is 1.74 bits per heavy atom. The number of hydrogen-bond acceptors (Lipinski definition) is 5. The maximum absolute atomic E-state index is 12.9. The van der Waals surface area contributed by atoms with Crippen LogP contribution < -0.4 is 4.31 Å². The van der Waals surface area contributed by atoms with E-state index in [0.717, 1.165) is 41.8 Å². The molecule has 6 nitrogen and oxygen atoms in total. The van der Waals surface area contributed by atoms with Crippen LogP contribution in [0, 0.1) is 0 Å². The molecule has 0 radical (unpaired) electrons. The van der Waals surface area contributed by atoms with E-state index in [-0.39, 0.29) is 12.5 Å². The maximum Gasteiger partial charge on any atom is 0.264 e. The quantitative estimate of drug-likeness (QED) is 0.559. The molecule has 0 spiro atoms. The first-order chi connectivity index (χ1) is 14.7. The first-order valence-corrected chi connectivity index (χ1v) is 13.0. The zero-order valence-electron chi connectivity index (χ0n) is 17.4. The number of piperazine rings is 1. The molecule has 9 heteroatoms. The van der Waals surface area contributed by atoms with E-state index in [1.54, 1.807) is 18.2 Å². The van der Waals surface area contributed by atoms with Crippen molar-refractivity contribution in [1.29, 1.82) is 0 Å². The number of anilines is 1. The highest BCUT2D eigenvalue weighted by Gasteiger charge is 2.23. The predicted octanol–water partition coefficient (Wildman–Crippen LogP) is 3.91. The van der Waals surface area contributed by atoms with Gasteiger partial charge >= 0.3 is 0 Å². The van der Waals surface area contributed by atoms with Gasteiger partial charge in [0.15, 0.2) is 0 Å². The van der Waals surface area contributed by atoms with Crippen LogP contribution in [0.5, 0.6) is 0 Å². The van der Waals surface area contributed by atoms with Crippen LogP contribution in [-0.2, 0) is 16.6 Å². The van der Waals surface area contributed by atoms with E-state index in [9.17, 15) is 13.2 Å². The van der Waals surface area contributed by atoms with Crippen molar-refractivity contribution in [1.82, 2.24) is 9.80 Å². The Bertz CT molecular complexity index is 1200. The molecule has 0 unspecified atom stereocenters. The van der Waals surface area contributed by atoms with Gasteiger partial charge in [0, 0.05) is 35.9 Å². The number of halogens is 1. The van der Waals surface area contributed by atoms with Crippen molar-refractivity contribution < 1.29 is 13.2 Å². The smallest absolute Gasteiger partial charge is 0.264 e. The van der Waals surface area contributed by atoms with E-state index in [0.29, 0.717) is 15.6 Å². The van der Waals surface area contributed by atoms with Crippen molar-refractivity contribution in [2.24, 2.45) is 0 Å². The molecule has 3 aromatic rings. The van der Waals surface area contributed by atoms with Crippen LogP contribution in [0.4, 0.5) is 5.69 Å². The molecule has 1 amide bonds. The van der Waals surface area contributed by atoms with E-state index in [1.807, 2.05) is 35.2 Å². The van der Waals surface area contributed by atoms with Gasteiger partial charge in [-0.1, -0.05) is 23.7 Å². The van der Waals surface area contributed by atoms with Crippen LogP contribution in [0.3, 0.4) is 0 Å². The van der Waals surface area contributed by atoms with Crippen LogP contribution >= 0.6 is 22.9 Å². The van der Waals surface area contributed by atoms with E-state index >= 15 is 0 Å². The summed E-state index contributed by atoms with van der Waals surface area (Å²) in [5.41, 5.74) is 1.41. The highest BCUT2D eigenvalue weighted by atomic mass is 35.5. The van der Waals surface area contributed by atoms with Crippen molar-refractivity contribution in [3.63, 3.8) is 0 Å². The fourth-order valence-electron chi connectivity index (χ4n) is 3.61. The third-order valence-corrected chi connectivity index (χ3v) is 7.93. The summed E-state index contributed by atoms with van der Waals surface area (Å²) in [6.07, 6.45) is 1.20. The average Bonchev–Trinajstić information content (AvgIpc) is 3.16. The Kier molecular flexibility index (Phi) is 6.25. The topological polar surface area (TPSA) is 60.9 Å². The van der Waals surface area contributed by atoms with Gasteiger partial charge in [-0.25, -0.2) is 8.42 Å². The molecular weight excluding hydrogens is 454 g/mol. The number of hydrogen-bond donors (Lipinski definition) is 0. The molecule has 164 valence electrons. The van der Waals surface area contributed by atoms with E-state index in [2.05, 4.69) is 11.9 Å². The van der Waals surface area contributed by atoms with Gasteiger partial charge < -0.3 is 9.80 Å². The van der Waals surface area contributed by atoms with Crippen LogP contribution in [0.1, 0.15) is 15.2 Å². The SMILES string of the molecule is CN1CCN(C(=O)c2cc3cc(N(Cc4ccc(Cl)cc4)S(C)(=O)=O)ccc3s2)CC1. The summed E-state index contributed by atoms with van der Waals surface area (Å²) in [5.74, 6) is 0.0389. The summed E-state index contributed by atoms with van der Waals surface area (Å²) in [6, 6.07) is 14.5. The molecule has 0 N–H and O–H groups in total. The van der Waals surface area contributed by atoms with E-state index in [4.69, 9.17) is 11.6 Å². The third-order valence-electron chi connectivity index (χ3n) is 5.43. The highest BCUT2D eigenvalue weighted by Crippen LogP contribution is 2.32. The second-order valence-corrected chi connectivity index (χ2v) is 11.3. The van der Waals surface area contributed by atoms with Gasteiger partial charge in [-0.05, 0) is 54.4 Å². The Hall–Kier alpha value is -2.13. The fraction of sp³-hybridized carbons (Fsp3) is 0.318. The molecule has 0 aliphatic carbocycles. The maximum atomic E-state index is 12.9. The highest BCUT2D eigenvalue weighted by molar-refractivity contribution is 7.92. The summed E-state index contributed by atoms with van der Waals surface area (Å²) in [4.78, 5) is 17.7. The molecule has 2 aromatic carbocycles. The molecule has 1 saturated heterocycles. The van der Waals surface area contributed by atoms with Gasteiger partial charge in [0.2, 0.25) is 10.0 Å². The minimum atomic E-state index is -3.50. The number of carbonyl (C=O) groups excluding carboxylic acids is 1. The standard InChI is InChI=1S/C22H24ClN3O3S2/c1-24-9-11-25(12-10-24)22(27)21-14-17-13-19(7-8-20(17)30-21)26(31(2,28)29)15-16-3-5-18(23)6-4-16/h3-8,13-14H,9-12,15H2,1-2H3. The molecule has 31 heavy (non-hydrogen) atoms. The first-order valence-electron chi connectivity index (χ1n) is 9.94. The lowest BCUT2D eigenvalue weighted by molar-refractivity contribution is 0.0669. The lowest BCUT2D eigenvalue weighted by Crippen LogP contribution is -2.46. The largest absolute Gasteiger partial charge is 0.335 e. The van der Waals surface area contributed by atoms with E-state index < -0.39 is 10.0 Å². The number of rotatable bonds is 5. The number of thiophene rings is 1. The molecule has 4 rings (SSSR count). The number of likely N-dealkylation sites (N-methyl/N-ethyl adjacent to an activating group) is 1. The molecule has 1 aliphatic rings. The predicted molar refractivity (Wildman–Crippen MR) is 128 cm³/mol. The van der Waals surface area contributed by atoms with Gasteiger partial charge in [0.1, 0.15) is 0 Å². The number of sulfonamides is 1. The van der Waals surface area contributed by atoms with Crippen molar-refractivity contribution in [2.75, 3.05) is 43.8 Å². The van der Waals surface area contributed by atoms with Gasteiger partial charge in [-0.3, -0.25) is 9.10 Å². The molecule has 1 aliphatic heterocycles. The summed E-state index contributed by atoms with van der Waals surface area (Å²) in [6.45, 7) is 3.39. The molecule has 0 saturated carbocycles. The monoisotopic (exact) mass is 477 g/mol. The van der Waals surface area contributed by atoms with Crippen molar-refractivity contribution >= 4 is 54.6 Å². The van der Waals surface area contributed by atoms with Crippen LogP contribution in [0.25, 0.3) is 10.1 Å². The zero-order chi connectivity index (χ0) is 22.2. The van der Waals surface area contributed by atoms with Gasteiger partial charge in [-0.15, -0.1) is 11.3 Å². The molecule has 0 atom stereocenters. The second-order valence-electron chi connectivity index (χ2n) is 7.82. The fourth-order valence-corrected chi connectivity index (χ4v) is 5.63. The average molecular weight is 478 g/mol. The minimum Gasteiger partial charge on any atom is -0.335 e. The number of benzene rings is 2. The Balaban J connectivity index is 1.62. The minimum absolute atomic E-state index is 0.0389. The van der Waals surface area contributed by atoms with Gasteiger partial charge in [0.05, 0.1) is 23.4 Å². The second kappa shape index (κ2) is 8.78. The Labute approximate surface area is 191 Å². The van der Waals surface area contributed by atoms with Crippen LogP contribution in [0.2, 0.25) is 5.02 Å². The van der Waals surface area contributed by atoms with Crippen LogP contribution in [-0.4, -0.2) is 63.6 Å². The number of amides is 1. The molecular formula is C22H24ClN3O3S2. The van der Waals surface area contributed by atoms with E-state index in [1.165, 1.54) is 21.9 Å². The number of fused-ring (bicyclic) bond motifs is 1. The molecule has 2 heterocycles. The summed E-state index contributed by atoms with van der Waals surface area (Å²) >= 11 is 7.39.